The van der Waals surface area contributed by atoms with Gasteiger partial charge in [-0.3, -0.25) is 0 Å². The molecule has 0 aromatic carbocycles. The number of unbranched alkanes of at least 4 members (excludes halogenated alkanes) is 12. The van der Waals surface area contributed by atoms with E-state index in [1.165, 1.54) is 89.2 Å². The maximum atomic E-state index is 2.40. The summed E-state index contributed by atoms with van der Waals surface area (Å²) < 4.78 is 0. The Bertz CT molecular complexity index is 114. The second-order valence-corrected chi connectivity index (χ2v) is 7.55. The van der Waals surface area contributed by atoms with Crippen molar-refractivity contribution in [2.75, 3.05) is 5.75 Å². The summed E-state index contributed by atoms with van der Waals surface area (Å²) in [4.78, 5) is 0. The SMILES string of the molecule is CCCCCCCCCCCCCCCSI. The summed E-state index contributed by atoms with van der Waals surface area (Å²) in [5.74, 6) is 1.35. The highest BCUT2D eigenvalue weighted by molar-refractivity contribution is 14.2. The van der Waals surface area contributed by atoms with Crippen LogP contribution in [0.25, 0.3) is 0 Å². The fourth-order valence-electron chi connectivity index (χ4n) is 2.17. The van der Waals surface area contributed by atoms with Crippen LogP contribution < -0.4 is 0 Å². The molecule has 0 radical (unpaired) electrons. The molecule has 0 heterocycles. The smallest absolute Gasteiger partial charge is 0.00334 e. The molecule has 2 heteroatoms. The zero-order chi connectivity index (χ0) is 12.6. The van der Waals surface area contributed by atoms with Crippen molar-refractivity contribution in [3.8, 4) is 0 Å². The molecule has 0 fully saturated rings. The minimum absolute atomic E-state index is 1.35. The lowest BCUT2D eigenvalue weighted by Crippen LogP contribution is -1.83. The first kappa shape index (κ1) is 18.1. The van der Waals surface area contributed by atoms with Gasteiger partial charge in [0.1, 0.15) is 0 Å². The average molecular weight is 370 g/mol. The van der Waals surface area contributed by atoms with E-state index >= 15 is 0 Å². The van der Waals surface area contributed by atoms with Crippen molar-refractivity contribution < 1.29 is 0 Å². The Labute approximate surface area is 126 Å². The summed E-state index contributed by atoms with van der Waals surface area (Å²) >= 11 is 2.40. The standard InChI is InChI=1S/C15H31IS/c1-2-3-4-5-6-7-8-9-10-11-12-13-14-15-17-16/h2-15H2,1H3. The highest BCUT2D eigenvalue weighted by Gasteiger charge is 1.93. The Morgan fingerprint density at radius 3 is 1.29 bits per heavy atom. The summed E-state index contributed by atoms with van der Waals surface area (Å²) in [5.41, 5.74) is 0. The van der Waals surface area contributed by atoms with E-state index in [1.54, 1.807) is 0 Å². The van der Waals surface area contributed by atoms with Gasteiger partial charge in [-0.25, -0.2) is 0 Å². The maximum absolute atomic E-state index is 2.40. The molecule has 0 N–H and O–H groups in total. The minimum Gasteiger partial charge on any atom is -0.0894 e. The van der Waals surface area contributed by atoms with Gasteiger partial charge < -0.3 is 0 Å². The van der Waals surface area contributed by atoms with Crippen LogP contribution in [0.1, 0.15) is 90.4 Å². The van der Waals surface area contributed by atoms with E-state index < -0.39 is 0 Å². The van der Waals surface area contributed by atoms with Gasteiger partial charge in [0, 0.05) is 5.75 Å². The summed E-state index contributed by atoms with van der Waals surface area (Å²) in [7, 11) is 1.95. The van der Waals surface area contributed by atoms with Gasteiger partial charge >= 0.3 is 0 Å². The molecule has 0 atom stereocenters. The van der Waals surface area contributed by atoms with Crippen LogP contribution in [0.15, 0.2) is 0 Å². The third-order valence-electron chi connectivity index (χ3n) is 3.33. The molecule has 0 rings (SSSR count). The summed E-state index contributed by atoms with van der Waals surface area (Å²) in [6, 6.07) is 0. The molecule has 0 spiro atoms. The van der Waals surface area contributed by atoms with Crippen molar-refractivity contribution in [1.82, 2.24) is 0 Å². The largest absolute Gasteiger partial charge is 0.0894 e. The van der Waals surface area contributed by atoms with Crippen LogP contribution in [0.4, 0.5) is 0 Å². The molecule has 0 bridgehead atoms. The van der Waals surface area contributed by atoms with Crippen LogP contribution in [0.3, 0.4) is 0 Å². The van der Waals surface area contributed by atoms with Crippen molar-refractivity contribution >= 4 is 30.1 Å². The molecule has 0 aromatic rings. The summed E-state index contributed by atoms with van der Waals surface area (Å²) in [6.07, 6.45) is 19.0. The van der Waals surface area contributed by atoms with Crippen LogP contribution in [-0.4, -0.2) is 5.75 Å². The second-order valence-electron chi connectivity index (χ2n) is 5.06. The third-order valence-corrected chi connectivity index (χ3v) is 5.09. The number of hydrogen-bond donors (Lipinski definition) is 0. The van der Waals surface area contributed by atoms with Crippen molar-refractivity contribution in [1.29, 1.82) is 0 Å². The number of hydrogen-bond acceptors (Lipinski definition) is 1. The van der Waals surface area contributed by atoms with E-state index in [2.05, 4.69) is 28.1 Å². The Kier molecular flexibility index (Phi) is 18.2. The Morgan fingerprint density at radius 2 is 0.941 bits per heavy atom. The van der Waals surface area contributed by atoms with E-state index in [0.717, 1.165) is 0 Å². The van der Waals surface area contributed by atoms with E-state index in [0.29, 0.717) is 0 Å². The highest BCUT2D eigenvalue weighted by Crippen LogP contribution is 2.16. The van der Waals surface area contributed by atoms with Gasteiger partial charge in [0.2, 0.25) is 0 Å². The van der Waals surface area contributed by atoms with E-state index in [4.69, 9.17) is 0 Å². The lowest BCUT2D eigenvalue weighted by atomic mass is 10.1. The van der Waals surface area contributed by atoms with Crippen LogP contribution in [0.5, 0.6) is 0 Å². The fraction of sp³-hybridized carbons (Fsp3) is 1.00. The molecule has 0 aliphatic rings. The van der Waals surface area contributed by atoms with Gasteiger partial charge in [0.15, 0.2) is 0 Å². The molecule has 104 valence electrons. The number of rotatable bonds is 14. The van der Waals surface area contributed by atoms with Crippen molar-refractivity contribution in [2.24, 2.45) is 0 Å². The molecular weight excluding hydrogens is 339 g/mol. The second kappa shape index (κ2) is 17.1. The Hall–Kier alpha value is 1.08. The molecule has 0 amide bonds. The van der Waals surface area contributed by atoms with Crippen LogP contribution in [0, 0.1) is 0 Å². The van der Waals surface area contributed by atoms with Gasteiger partial charge in [0.25, 0.3) is 0 Å². The fourth-order valence-corrected chi connectivity index (χ4v) is 3.42. The van der Waals surface area contributed by atoms with Gasteiger partial charge in [-0.15, -0.1) is 0 Å². The zero-order valence-electron chi connectivity index (χ0n) is 11.7. The first-order valence-corrected chi connectivity index (χ1v) is 11.2. The molecule has 0 aliphatic heterocycles. The normalized spacial score (nSPS) is 10.9. The van der Waals surface area contributed by atoms with Crippen molar-refractivity contribution in [3.05, 3.63) is 0 Å². The van der Waals surface area contributed by atoms with Crippen LogP contribution in [-0.2, 0) is 0 Å². The molecule has 0 saturated heterocycles. The lowest BCUT2D eigenvalue weighted by Gasteiger charge is -2.02. The first-order chi connectivity index (χ1) is 8.41. The third kappa shape index (κ3) is 17.1. The van der Waals surface area contributed by atoms with E-state index in [-0.39, 0.29) is 0 Å². The van der Waals surface area contributed by atoms with E-state index in [9.17, 15) is 0 Å². The molecule has 0 aromatic heterocycles. The molecule has 0 nitrogen and oxygen atoms in total. The zero-order valence-corrected chi connectivity index (χ0v) is 14.7. The van der Waals surface area contributed by atoms with Crippen molar-refractivity contribution in [3.63, 3.8) is 0 Å². The predicted molar refractivity (Wildman–Crippen MR) is 92.2 cm³/mol. The quantitative estimate of drug-likeness (QED) is 0.231. The Balaban J connectivity index is 2.85. The molecule has 0 aliphatic carbocycles. The number of halogens is 1. The lowest BCUT2D eigenvalue weighted by molar-refractivity contribution is 0.543. The molecular formula is C15H31IS. The summed E-state index contributed by atoms with van der Waals surface area (Å²) in [5, 5.41) is 0. The van der Waals surface area contributed by atoms with Crippen LogP contribution in [0.2, 0.25) is 0 Å². The average Bonchev–Trinajstić information content (AvgIpc) is 2.35. The van der Waals surface area contributed by atoms with E-state index in [1.807, 2.05) is 8.93 Å². The monoisotopic (exact) mass is 370 g/mol. The first-order valence-electron chi connectivity index (χ1n) is 7.65. The van der Waals surface area contributed by atoms with Crippen molar-refractivity contribution in [2.45, 2.75) is 90.4 Å². The predicted octanol–water partition coefficient (Wildman–Crippen LogP) is 7.16. The topological polar surface area (TPSA) is 0 Å². The van der Waals surface area contributed by atoms with Gasteiger partial charge in [-0.1, -0.05) is 92.9 Å². The highest BCUT2D eigenvalue weighted by atomic mass is 127. The maximum Gasteiger partial charge on any atom is 0.00334 e. The Morgan fingerprint density at radius 1 is 0.588 bits per heavy atom. The van der Waals surface area contributed by atoms with Gasteiger partial charge in [0.05, 0.1) is 0 Å². The minimum atomic E-state index is 1.35. The molecule has 17 heavy (non-hydrogen) atoms. The van der Waals surface area contributed by atoms with Gasteiger partial charge in [-0.05, 0) is 27.6 Å². The van der Waals surface area contributed by atoms with Gasteiger partial charge in [-0.2, -0.15) is 0 Å². The van der Waals surface area contributed by atoms with Crippen LogP contribution >= 0.6 is 30.1 Å². The molecule has 0 saturated carbocycles. The molecule has 0 unspecified atom stereocenters. The summed E-state index contributed by atoms with van der Waals surface area (Å²) in [6.45, 7) is 2.29.